The molecule has 0 radical (unpaired) electrons. The van der Waals surface area contributed by atoms with Crippen molar-refractivity contribution in [1.82, 2.24) is 0 Å². The molecule has 0 aromatic heterocycles. The van der Waals surface area contributed by atoms with E-state index >= 15 is 0 Å². The molecule has 0 fully saturated rings. The van der Waals surface area contributed by atoms with Crippen molar-refractivity contribution in [2.45, 2.75) is 174 Å². The molecule has 0 aliphatic heterocycles. The molecule has 0 saturated heterocycles. The molecule has 0 aliphatic rings. The summed E-state index contributed by atoms with van der Waals surface area (Å²) in [5, 5.41) is 10.1. The number of phosphoric acid groups is 1. The Balaban J connectivity index is 4.55. The van der Waals surface area contributed by atoms with Crippen molar-refractivity contribution >= 4 is 19.8 Å². The van der Waals surface area contributed by atoms with Gasteiger partial charge in [-0.05, 0) is 70.6 Å². The molecular formula is C46H82NO9P. The Morgan fingerprint density at radius 2 is 1.19 bits per heavy atom. The Hall–Kier alpha value is -2.33. The first kappa shape index (κ1) is 54.7. The van der Waals surface area contributed by atoms with E-state index in [4.69, 9.17) is 18.5 Å². The SMILES string of the molecule is CCCCC/C=C\C/C=C\CC(O)/C=C\C=C\CCCC(=O)OC[C@H](COP(=O)([O-])OCC[N+](C)(C)C)OC(=O)CCCCCCCCC/C=C\CCCCCC. The predicted molar refractivity (Wildman–Crippen MR) is 232 cm³/mol. The lowest BCUT2D eigenvalue weighted by atomic mass is 10.1. The first-order chi connectivity index (χ1) is 27.4. The van der Waals surface area contributed by atoms with Gasteiger partial charge in [0.1, 0.15) is 19.8 Å². The van der Waals surface area contributed by atoms with Gasteiger partial charge < -0.3 is 33.0 Å². The van der Waals surface area contributed by atoms with Crippen molar-refractivity contribution in [2.24, 2.45) is 0 Å². The van der Waals surface area contributed by atoms with Crippen molar-refractivity contribution in [3.63, 3.8) is 0 Å². The van der Waals surface area contributed by atoms with Gasteiger partial charge in [0, 0.05) is 12.8 Å². The van der Waals surface area contributed by atoms with Crippen molar-refractivity contribution in [3.05, 3.63) is 60.8 Å². The first-order valence-corrected chi connectivity index (χ1v) is 23.6. The fourth-order valence-corrected chi connectivity index (χ4v) is 6.27. The molecule has 0 aromatic carbocycles. The van der Waals surface area contributed by atoms with E-state index in [2.05, 4.69) is 44.2 Å². The molecule has 11 heteroatoms. The van der Waals surface area contributed by atoms with Crippen LogP contribution in [0.1, 0.15) is 162 Å². The van der Waals surface area contributed by atoms with Crippen molar-refractivity contribution in [2.75, 3.05) is 47.5 Å². The summed E-state index contributed by atoms with van der Waals surface area (Å²) in [7, 11) is 1.08. The van der Waals surface area contributed by atoms with E-state index in [1.54, 1.807) is 12.2 Å². The average Bonchev–Trinajstić information content (AvgIpc) is 3.15. The van der Waals surface area contributed by atoms with Gasteiger partial charge in [-0.15, -0.1) is 0 Å². The van der Waals surface area contributed by atoms with Gasteiger partial charge in [0.05, 0.1) is 33.9 Å². The number of aliphatic hydroxyl groups excluding tert-OH is 1. The quantitative estimate of drug-likeness (QED) is 0.0161. The van der Waals surface area contributed by atoms with Crippen LogP contribution in [0, 0.1) is 0 Å². The van der Waals surface area contributed by atoms with E-state index in [1.807, 2.05) is 39.4 Å². The van der Waals surface area contributed by atoms with E-state index < -0.39 is 38.6 Å². The lowest BCUT2D eigenvalue weighted by molar-refractivity contribution is -0.870. The highest BCUT2D eigenvalue weighted by Gasteiger charge is 2.21. The summed E-state index contributed by atoms with van der Waals surface area (Å²) < 4.78 is 33.8. The molecule has 0 aromatic rings. The number of carbonyl (C=O) groups is 2. The van der Waals surface area contributed by atoms with Crippen LogP contribution in [-0.2, 0) is 32.7 Å². The van der Waals surface area contributed by atoms with E-state index in [9.17, 15) is 24.2 Å². The normalized spacial score (nSPS) is 14.7. The molecule has 0 spiro atoms. The molecule has 0 amide bonds. The number of aliphatic hydroxyl groups is 1. The molecule has 1 N–H and O–H groups in total. The van der Waals surface area contributed by atoms with Crippen LogP contribution in [0.4, 0.5) is 0 Å². The molecule has 3 atom stereocenters. The summed E-state index contributed by atoms with van der Waals surface area (Å²) in [5.41, 5.74) is 0. The van der Waals surface area contributed by atoms with Gasteiger partial charge in [0.2, 0.25) is 0 Å². The summed E-state index contributed by atoms with van der Waals surface area (Å²) in [6, 6.07) is 0. The zero-order valence-electron chi connectivity index (χ0n) is 36.6. The molecule has 0 rings (SSSR count). The van der Waals surface area contributed by atoms with Crippen LogP contribution in [0.25, 0.3) is 0 Å². The number of quaternary nitrogens is 1. The Morgan fingerprint density at radius 3 is 1.86 bits per heavy atom. The Labute approximate surface area is 348 Å². The number of hydrogen-bond acceptors (Lipinski definition) is 9. The molecule has 0 heterocycles. The van der Waals surface area contributed by atoms with Gasteiger partial charge in [-0.2, -0.15) is 0 Å². The number of rotatable bonds is 39. The van der Waals surface area contributed by atoms with Crippen LogP contribution < -0.4 is 4.89 Å². The third kappa shape index (κ3) is 41.6. The van der Waals surface area contributed by atoms with Crippen LogP contribution in [-0.4, -0.2) is 81.2 Å². The minimum atomic E-state index is -4.66. The largest absolute Gasteiger partial charge is 0.756 e. The van der Waals surface area contributed by atoms with Crippen molar-refractivity contribution in [3.8, 4) is 0 Å². The summed E-state index contributed by atoms with van der Waals surface area (Å²) >= 11 is 0. The number of esters is 2. The van der Waals surface area contributed by atoms with Crippen molar-refractivity contribution in [1.29, 1.82) is 0 Å². The van der Waals surface area contributed by atoms with Crippen LogP contribution >= 0.6 is 7.82 Å². The maximum atomic E-state index is 12.7. The fourth-order valence-electron chi connectivity index (χ4n) is 5.54. The molecule has 10 nitrogen and oxygen atoms in total. The number of allylic oxidation sites excluding steroid dienone is 8. The number of carbonyl (C=O) groups excluding carboxylic acids is 2. The summed E-state index contributed by atoms with van der Waals surface area (Å²) in [6.45, 7) is 4.00. The van der Waals surface area contributed by atoms with Crippen LogP contribution in [0.15, 0.2) is 60.8 Å². The van der Waals surface area contributed by atoms with Gasteiger partial charge in [-0.25, -0.2) is 0 Å². The molecule has 57 heavy (non-hydrogen) atoms. The number of hydrogen-bond donors (Lipinski definition) is 1. The summed E-state index contributed by atoms with van der Waals surface area (Å²) in [5.74, 6) is -0.974. The van der Waals surface area contributed by atoms with Gasteiger partial charge >= 0.3 is 11.9 Å². The molecule has 0 bridgehead atoms. The van der Waals surface area contributed by atoms with Gasteiger partial charge in [0.15, 0.2) is 6.10 Å². The first-order valence-electron chi connectivity index (χ1n) is 22.1. The highest BCUT2D eigenvalue weighted by molar-refractivity contribution is 7.45. The fraction of sp³-hybridized carbons (Fsp3) is 0.739. The monoisotopic (exact) mass is 824 g/mol. The Bertz CT molecular complexity index is 1170. The van der Waals surface area contributed by atoms with E-state index in [1.165, 1.54) is 70.6 Å². The summed E-state index contributed by atoms with van der Waals surface area (Å²) in [4.78, 5) is 37.5. The zero-order chi connectivity index (χ0) is 42.3. The smallest absolute Gasteiger partial charge is 0.306 e. The number of phosphoric ester groups is 1. The van der Waals surface area contributed by atoms with E-state index in [-0.39, 0.29) is 26.1 Å². The van der Waals surface area contributed by atoms with Crippen LogP contribution in [0.2, 0.25) is 0 Å². The highest BCUT2D eigenvalue weighted by atomic mass is 31.2. The molecule has 330 valence electrons. The Morgan fingerprint density at radius 1 is 0.649 bits per heavy atom. The number of ether oxygens (including phenoxy) is 2. The second kappa shape index (κ2) is 37.9. The van der Waals surface area contributed by atoms with Gasteiger partial charge in [-0.3, -0.25) is 14.2 Å². The zero-order valence-corrected chi connectivity index (χ0v) is 37.5. The number of nitrogens with zero attached hydrogens (tertiary/aromatic N) is 1. The lowest BCUT2D eigenvalue weighted by Gasteiger charge is -2.28. The van der Waals surface area contributed by atoms with E-state index in [0.717, 1.165) is 38.5 Å². The third-order valence-corrected chi connectivity index (χ3v) is 10.1. The van der Waals surface area contributed by atoms with Crippen molar-refractivity contribution < 1.29 is 47.2 Å². The second-order valence-corrected chi connectivity index (χ2v) is 17.3. The average molecular weight is 824 g/mol. The topological polar surface area (TPSA) is 131 Å². The molecule has 0 aliphatic carbocycles. The van der Waals surface area contributed by atoms with Gasteiger partial charge in [-0.1, -0.05) is 139 Å². The lowest BCUT2D eigenvalue weighted by Crippen LogP contribution is -2.37. The third-order valence-electron chi connectivity index (χ3n) is 9.09. The number of likely N-dealkylation sites (N-methyl/N-ethyl adjacent to an activating group) is 1. The van der Waals surface area contributed by atoms with Crippen LogP contribution in [0.5, 0.6) is 0 Å². The van der Waals surface area contributed by atoms with Gasteiger partial charge in [0.25, 0.3) is 7.82 Å². The standard InChI is InChI=1S/C46H82NO9P/c1-6-8-10-12-14-16-17-18-19-20-21-23-25-29-34-38-46(50)56-44(42-55-57(51,52)54-40-39-47(3,4)5)41-53-45(49)37-33-30-26-28-32-36-43(48)35-31-27-24-22-15-13-11-9-7-2/h15-17,22,26-28,31-32,36,43-44,48H,6-14,18-21,23-25,29-30,33-35,37-42H2,1-5H3/b17-16-,22-15-,28-26+,31-27-,36-32-/t43?,44-/m1/s1. The maximum absolute atomic E-state index is 12.7. The predicted octanol–water partition coefficient (Wildman–Crippen LogP) is 10.8. The van der Waals surface area contributed by atoms with Crippen LogP contribution in [0.3, 0.4) is 0 Å². The number of unbranched alkanes of at least 4 members (excludes halogenated alkanes) is 15. The maximum Gasteiger partial charge on any atom is 0.306 e. The Kier molecular flexibility index (Phi) is 36.4. The summed E-state index contributed by atoms with van der Waals surface area (Å²) in [6.07, 6.45) is 41.3. The highest BCUT2D eigenvalue weighted by Crippen LogP contribution is 2.38. The minimum absolute atomic E-state index is 0.0561. The molecule has 0 saturated carbocycles. The van der Waals surface area contributed by atoms with E-state index in [0.29, 0.717) is 36.7 Å². The minimum Gasteiger partial charge on any atom is -0.756 e. The molecule has 2 unspecified atom stereocenters. The second-order valence-electron chi connectivity index (χ2n) is 15.9. The molecular weight excluding hydrogens is 741 g/mol.